The van der Waals surface area contributed by atoms with E-state index in [4.69, 9.17) is 4.74 Å². The maximum Gasteiger partial charge on any atom is 0.327 e. The number of benzene rings is 1. The lowest BCUT2D eigenvalue weighted by Gasteiger charge is -2.31. The van der Waals surface area contributed by atoms with Crippen LogP contribution in [0.25, 0.3) is 0 Å². The van der Waals surface area contributed by atoms with Crippen molar-refractivity contribution in [3.63, 3.8) is 0 Å². The van der Waals surface area contributed by atoms with Gasteiger partial charge in [0.25, 0.3) is 0 Å². The SMILES string of the molecule is CCOC(=O)C1(NC2CCCC2)Cc2ccccc2C1. The summed E-state index contributed by atoms with van der Waals surface area (Å²) in [5.41, 5.74) is 2.03. The van der Waals surface area contributed by atoms with Crippen LogP contribution >= 0.6 is 0 Å². The highest BCUT2D eigenvalue weighted by Gasteiger charge is 2.46. The van der Waals surface area contributed by atoms with Gasteiger partial charge < -0.3 is 4.74 Å². The van der Waals surface area contributed by atoms with E-state index in [0.29, 0.717) is 12.6 Å². The number of hydrogen-bond acceptors (Lipinski definition) is 3. The smallest absolute Gasteiger partial charge is 0.327 e. The first-order chi connectivity index (χ1) is 9.73. The molecule has 0 atom stereocenters. The summed E-state index contributed by atoms with van der Waals surface area (Å²) in [5, 5.41) is 3.65. The summed E-state index contributed by atoms with van der Waals surface area (Å²) in [5.74, 6) is -0.0805. The molecule has 1 saturated carbocycles. The van der Waals surface area contributed by atoms with E-state index in [-0.39, 0.29) is 5.97 Å². The van der Waals surface area contributed by atoms with Crippen LogP contribution in [-0.2, 0) is 22.4 Å². The summed E-state index contributed by atoms with van der Waals surface area (Å²) in [6, 6.07) is 8.83. The molecule has 108 valence electrons. The van der Waals surface area contributed by atoms with Gasteiger partial charge in [-0.2, -0.15) is 0 Å². The van der Waals surface area contributed by atoms with E-state index in [9.17, 15) is 4.79 Å². The fourth-order valence-electron chi connectivity index (χ4n) is 3.65. The Bertz CT molecular complexity index is 467. The second kappa shape index (κ2) is 5.57. The fraction of sp³-hybridized carbons (Fsp3) is 0.588. The third kappa shape index (κ3) is 2.47. The number of carbonyl (C=O) groups excluding carboxylic acids is 1. The Morgan fingerprint density at radius 1 is 1.25 bits per heavy atom. The molecule has 20 heavy (non-hydrogen) atoms. The Hall–Kier alpha value is -1.35. The van der Waals surface area contributed by atoms with Gasteiger partial charge in [-0.05, 0) is 30.9 Å². The fourth-order valence-corrected chi connectivity index (χ4v) is 3.65. The minimum absolute atomic E-state index is 0.0805. The van der Waals surface area contributed by atoms with Crippen molar-refractivity contribution in [2.24, 2.45) is 0 Å². The van der Waals surface area contributed by atoms with Crippen molar-refractivity contribution in [1.82, 2.24) is 5.32 Å². The molecule has 1 aromatic rings. The van der Waals surface area contributed by atoms with Gasteiger partial charge in [0.1, 0.15) is 5.54 Å². The van der Waals surface area contributed by atoms with E-state index in [2.05, 4.69) is 29.6 Å². The van der Waals surface area contributed by atoms with E-state index in [1.165, 1.54) is 36.8 Å². The van der Waals surface area contributed by atoms with Crippen molar-refractivity contribution in [2.45, 2.75) is 57.0 Å². The number of nitrogens with one attached hydrogen (secondary N) is 1. The number of fused-ring (bicyclic) bond motifs is 1. The molecular weight excluding hydrogens is 250 g/mol. The molecule has 0 heterocycles. The van der Waals surface area contributed by atoms with Gasteiger partial charge in [0, 0.05) is 18.9 Å². The molecule has 3 nitrogen and oxygen atoms in total. The molecule has 2 aliphatic rings. The average Bonchev–Trinajstić information content (AvgIpc) is 3.06. The Kier molecular flexibility index (Phi) is 3.79. The first-order valence-corrected chi connectivity index (χ1v) is 7.75. The molecule has 0 aromatic heterocycles. The molecule has 0 spiro atoms. The molecule has 0 saturated heterocycles. The first-order valence-electron chi connectivity index (χ1n) is 7.75. The predicted molar refractivity (Wildman–Crippen MR) is 78.6 cm³/mol. The highest BCUT2D eigenvalue weighted by Crippen LogP contribution is 2.33. The number of ether oxygens (including phenoxy) is 1. The molecule has 1 N–H and O–H groups in total. The van der Waals surface area contributed by atoms with Crippen LogP contribution in [0.15, 0.2) is 24.3 Å². The molecule has 0 radical (unpaired) electrons. The highest BCUT2D eigenvalue weighted by molar-refractivity contribution is 5.83. The number of hydrogen-bond donors (Lipinski definition) is 1. The zero-order valence-electron chi connectivity index (χ0n) is 12.2. The molecule has 1 fully saturated rings. The van der Waals surface area contributed by atoms with Gasteiger partial charge in [-0.1, -0.05) is 37.1 Å². The van der Waals surface area contributed by atoms with Gasteiger partial charge in [-0.25, -0.2) is 0 Å². The van der Waals surface area contributed by atoms with Crippen LogP contribution in [0.3, 0.4) is 0 Å². The summed E-state index contributed by atoms with van der Waals surface area (Å²) in [7, 11) is 0. The third-order valence-corrected chi connectivity index (χ3v) is 4.60. The van der Waals surface area contributed by atoms with E-state index >= 15 is 0 Å². The van der Waals surface area contributed by atoms with Gasteiger partial charge in [0.2, 0.25) is 0 Å². The highest BCUT2D eigenvalue weighted by atomic mass is 16.5. The van der Waals surface area contributed by atoms with E-state index in [0.717, 1.165) is 12.8 Å². The van der Waals surface area contributed by atoms with Crippen LogP contribution < -0.4 is 5.32 Å². The largest absolute Gasteiger partial charge is 0.465 e. The van der Waals surface area contributed by atoms with Crippen LogP contribution in [0, 0.1) is 0 Å². The molecule has 3 rings (SSSR count). The minimum atomic E-state index is -0.533. The Morgan fingerprint density at radius 3 is 2.40 bits per heavy atom. The monoisotopic (exact) mass is 273 g/mol. The van der Waals surface area contributed by atoms with Crippen LogP contribution in [0.5, 0.6) is 0 Å². The quantitative estimate of drug-likeness (QED) is 0.857. The topological polar surface area (TPSA) is 38.3 Å². The summed E-state index contributed by atoms with van der Waals surface area (Å²) in [4.78, 5) is 12.5. The zero-order valence-corrected chi connectivity index (χ0v) is 12.2. The minimum Gasteiger partial charge on any atom is -0.465 e. The molecule has 0 aliphatic heterocycles. The van der Waals surface area contributed by atoms with E-state index in [1.807, 2.05) is 6.92 Å². The number of carbonyl (C=O) groups is 1. The second-order valence-electron chi connectivity index (χ2n) is 6.05. The lowest BCUT2D eigenvalue weighted by atomic mass is 9.94. The van der Waals surface area contributed by atoms with E-state index in [1.54, 1.807) is 0 Å². The summed E-state index contributed by atoms with van der Waals surface area (Å²) < 4.78 is 5.37. The third-order valence-electron chi connectivity index (χ3n) is 4.60. The standard InChI is InChI=1S/C17H23NO2/c1-2-20-16(19)17(18-15-9-5-6-10-15)11-13-7-3-4-8-14(13)12-17/h3-4,7-8,15,18H,2,5-6,9-12H2,1H3. The Balaban J connectivity index is 1.84. The van der Waals surface area contributed by atoms with Crippen molar-refractivity contribution >= 4 is 5.97 Å². The maximum atomic E-state index is 12.5. The van der Waals surface area contributed by atoms with Gasteiger partial charge in [-0.3, -0.25) is 10.1 Å². The second-order valence-corrected chi connectivity index (χ2v) is 6.05. The van der Waals surface area contributed by atoms with Crippen molar-refractivity contribution in [1.29, 1.82) is 0 Å². The van der Waals surface area contributed by atoms with Crippen LogP contribution in [0.2, 0.25) is 0 Å². The normalized spacial score (nSPS) is 20.9. The van der Waals surface area contributed by atoms with Crippen LogP contribution in [-0.4, -0.2) is 24.2 Å². The first kappa shape index (κ1) is 13.6. The molecule has 0 bridgehead atoms. The van der Waals surface area contributed by atoms with E-state index < -0.39 is 5.54 Å². The summed E-state index contributed by atoms with van der Waals surface area (Å²) >= 11 is 0. The molecule has 1 aromatic carbocycles. The van der Waals surface area contributed by atoms with Crippen LogP contribution in [0.1, 0.15) is 43.7 Å². The van der Waals surface area contributed by atoms with Crippen molar-refractivity contribution in [2.75, 3.05) is 6.61 Å². The Morgan fingerprint density at radius 2 is 1.85 bits per heavy atom. The zero-order chi connectivity index (χ0) is 14.0. The van der Waals surface area contributed by atoms with Crippen LogP contribution in [0.4, 0.5) is 0 Å². The van der Waals surface area contributed by atoms with Crippen molar-refractivity contribution in [3.8, 4) is 0 Å². The molecule has 3 heteroatoms. The van der Waals surface area contributed by atoms with Gasteiger partial charge in [-0.15, -0.1) is 0 Å². The van der Waals surface area contributed by atoms with Gasteiger partial charge >= 0.3 is 5.97 Å². The summed E-state index contributed by atoms with van der Waals surface area (Å²) in [6.07, 6.45) is 6.42. The number of rotatable bonds is 4. The summed E-state index contributed by atoms with van der Waals surface area (Å²) in [6.45, 7) is 2.33. The molecular formula is C17H23NO2. The molecule has 2 aliphatic carbocycles. The van der Waals surface area contributed by atoms with Gasteiger partial charge in [0.05, 0.1) is 6.61 Å². The van der Waals surface area contributed by atoms with Gasteiger partial charge in [0.15, 0.2) is 0 Å². The number of esters is 1. The lowest BCUT2D eigenvalue weighted by Crippen LogP contribution is -2.57. The maximum absolute atomic E-state index is 12.5. The molecule has 0 amide bonds. The predicted octanol–water partition coefficient (Wildman–Crippen LogP) is 2.62. The average molecular weight is 273 g/mol. The molecule has 0 unspecified atom stereocenters. The van der Waals surface area contributed by atoms with Crippen molar-refractivity contribution in [3.05, 3.63) is 35.4 Å². The Labute approximate surface area is 120 Å². The van der Waals surface area contributed by atoms with Crippen molar-refractivity contribution < 1.29 is 9.53 Å². The lowest BCUT2D eigenvalue weighted by molar-refractivity contribution is -0.151.